The predicted octanol–water partition coefficient (Wildman–Crippen LogP) is 18.2. The van der Waals surface area contributed by atoms with Crippen molar-refractivity contribution in [3.63, 3.8) is 0 Å². The molecule has 6 fully saturated rings. The summed E-state index contributed by atoms with van der Waals surface area (Å²) in [6, 6.07) is 0. The summed E-state index contributed by atoms with van der Waals surface area (Å²) in [5.74, 6) is 25.4. The molecule has 9 rings (SSSR count). The van der Waals surface area contributed by atoms with Crippen molar-refractivity contribution in [2.75, 3.05) is 0 Å². The maximum absolute atomic E-state index is 4.50. The van der Waals surface area contributed by atoms with Crippen LogP contribution in [0.5, 0.6) is 0 Å². The van der Waals surface area contributed by atoms with Gasteiger partial charge in [0.05, 0.1) is 0 Å². The highest BCUT2D eigenvalue weighted by Gasteiger charge is 2.59. The van der Waals surface area contributed by atoms with Crippen LogP contribution < -0.4 is 0 Å². The maximum atomic E-state index is 4.50. The topological polar surface area (TPSA) is 0 Å². The van der Waals surface area contributed by atoms with Gasteiger partial charge in [0.2, 0.25) is 0 Å². The van der Waals surface area contributed by atoms with Crippen molar-refractivity contribution in [2.24, 2.45) is 0 Å². The highest BCUT2D eigenvalue weighted by Crippen LogP contribution is 2.62. The first-order valence-electron chi connectivity index (χ1n) is 28.0. The molecule has 6 aliphatic carbocycles. The molecule has 344 valence electrons. The van der Waals surface area contributed by atoms with Gasteiger partial charge in [-0.25, -0.2) is 0 Å². The Balaban J connectivity index is 1.23. The van der Waals surface area contributed by atoms with E-state index in [2.05, 4.69) is 89.7 Å². The zero-order chi connectivity index (χ0) is 44.5. The third-order valence-corrected chi connectivity index (χ3v) is 39.5. The Bertz CT molecular complexity index is 2110. The van der Waals surface area contributed by atoms with Crippen molar-refractivity contribution in [1.29, 1.82) is 0 Å². The van der Waals surface area contributed by atoms with E-state index in [-0.39, 0.29) is 0 Å². The van der Waals surface area contributed by atoms with E-state index in [1.165, 1.54) is 198 Å². The first-order valence-corrected chi connectivity index (χ1v) is 34.5. The fourth-order valence-electron chi connectivity index (χ4n) is 17.3. The predicted molar refractivity (Wildman–Crippen MR) is 285 cm³/mol. The fraction of sp³-hybridized carbons (Fsp3) is 0.705. The lowest BCUT2D eigenvalue weighted by molar-refractivity contribution is 0.457. The molecular weight excluding hydrogens is 817 g/mol. The van der Waals surface area contributed by atoms with Crippen LogP contribution in [0.25, 0.3) is 0 Å². The van der Waals surface area contributed by atoms with Gasteiger partial charge in [-0.05, 0) is 136 Å². The van der Waals surface area contributed by atoms with Gasteiger partial charge < -0.3 is 0 Å². The minimum Gasteiger partial charge on any atom is -0.102 e. The number of hydrogen-bond acceptors (Lipinski definition) is 0. The van der Waals surface area contributed by atoms with Crippen molar-refractivity contribution in [3.05, 3.63) is 65.1 Å². The molecule has 0 aromatic carbocycles. The monoisotopic (exact) mass is 905 g/mol. The molecule has 0 N–H and O–H groups in total. The van der Waals surface area contributed by atoms with E-state index < -0.39 is 24.2 Å². The Morgan fingerprint density at radius 2 is 0.562 bits per heavy atom. The van der Waals surface area contributed by atoms with Gasteiger partial charge in [0.1, 0.15) is 24.2 Å². The molecule has 0 spiro atoms. The Hall–Kier alpha value is -2.23. The van der Waals surface area contributed by atoms with Crippen molar-refractivity contribution < 1.29 is 0 Å². The Kier molecular flexibility index (Phi) is 14.8. The fourth-order valence-corrected chi connectivity index (χ4v) is 39.0. The standard InChI is InChI=1S/C61H88Si3/c1-8-27-58-47(4)48(5)60(63(58,53-32-19-11-20-33-53)54-34-21-12-22-35-54)42-43-61-50(7)49(6)59(64(61,55-36-23-13-24-37-55)56-38-25-14-26-39-56)41-40-57-46(3)45(2)44-62(57,51-28-15-9-16-29-51)52-30-17-10-18-31-52/h44,51-56H,9-26,28-39H2,1-7H3. The summed E-state index contributed by atoms with van der Waals surface area (Å²) in [7, 11) is -6.58. The molecule has 3 heterocycles. The average Bonchev–Trinajstić information content (AvgIpc) is 3.83. The molecule has 0 aromatic rings. The van der Waals surface area contributed by atoms with Crippen LogP contribution in [0, 0.1) is 35.5 Å². The first-order chi connectivity index (χ1) is 31.2. The molecule has 0 unspecified atom stereocenters. The third kappa shape index (κ3) is 7.89. The lowest BCUT2D eigenvalue weighted by Crippen LogP contribution is -2.50. The largest absolute Gasteiger partial charge is 0.146 e. The second kappa shape index (κ2) is 20.2. The summed E-state index contributed by atoms with van der Waals surface area (Å²) in [5, 5.41) is 8.39. The SMILES string of the molecule is CC#CC1=C(C)C(C)=C(C#CC2=C(C)C(C)=C(C#CC3=C(C)C(C)=C[Si]3(C3CCCCC3)C3CCCCC3)[Si]2(C2CCCCC2)C2CCCCC2)[Si]1(C1CCCCC1)C1CCCCC1. The van der Waals surface area contributed by atoms with Crippen molar-refractivity contribution in [3.8, 4) is 35.5 Å². The highest BCUT2D eigenvalue weighted by atomic mass is 28.3. The molecule has 0 bridgehead atoms. The van der Waals surface area contributed by atoms with E-state index in [0.717, 1.165) is 33.2 Å². The van der Waals surface area contributed by atoms with E-state index >= 15 is 0 Å². The van der Waals surface area contributed by atoms with Gasteiger partial charge in [0.25, 0.3) is 0 Å². The zero-order valence-corrected chi connectivity index (χ0v) is 45.3. The molecule has 0 atom stereocenters. The first kappa shape index (κ1) is 46.9. The molecular formula is C61H88Si3. The Labute approximate surface area is 397 Å². The zero-order valence-electron chi connectivity index (χ0n) is 42.3. The smallest absolute Gasteiger partial charge is 0.102 e. The van der Waals surface area contributed by atoms with Crippen LogP contribution in [0.15, 0.2) is 65.1 Å². The molecule has 3 aliphatic heterocycles. The maximum Gasteiger partial charge on any atom is 0.146 e. The van der Waals surface area contributed by atoms with Crippen LogP contribution in [0.1, 0.15) is 241 Å². The average molecular weight is 906 g/mol. The summed E-state index contributed by atoms with van der Waals surface area (Å²) >= 11 is 0. The van der Waals surface area contributed by atoms with Crippen molar-refractivity contribution >= 4 is 24.2 Å². The van der Waals surface area contributed by atoms with Crippen LogP contribution in [-0.4, -0.2) is 24.2 Å². The summed E-state index contributed by atoms with van der Waals surface area (Å²) in [5.41, 5.74) is 17.4. The van der Waals surface area contributed by atoms with Crippen molar-refractivity contribution in [1.82, 2.24) is 0 Å². The van der Waals surface area contributed by atoms with Crippen LogP contribution in [-0.2, 0) is 0 Å². The van der Waals surface area contributed by atoms with Gasteiger partial charge in [-0.1, -0.05) is 233 Å². The molecule has 0 aromatic heterocycles. The number of allylic oxidation sites excluding steroid dienone is 11. The summed E-state index contributed by atoms with van der Waals surface area (Å²) in [6.45, 7) is 17.2. The summed E-state index contributed by atoms with van der Waals surface area (Å²) < 4.78 is 0. The van der Waals surface area contributed by atoms with E-state index in [9.17, 15) is 0 Å². The highest BCUT2D eigenvalue weighted by molar-refractivity contribution is 6.99. The Morgan fingerprint density at radius 1 is 0.312 bits per heavy atom. The van der Waals surface area contributed by atoms with Gasteiger partial charge in [-0.2, -0.15) is 0 Å². The second-order valence-corrected chi connectivity index (χ2v) is 36.4. The molecule has 0 radical (unpaired) electrons. The molecule has 9 aliphatic rings. The number of hydrogen-bond donors (Lipinski definition) is 0. The minimum absolute atomic E-state index is 0.779. The van der Waals surface area contributed by atoms with Gasteiger partial charge in [-0.3, -0.25) is 0 Å². The van der Waals surface area contributed by atoms with Crippen LogP contribution in [0.3, 0.4) is 0 Å². The van der Waals surface area contributed by atoms with Gasteiger partial charge in [-0.15, -0.1) is 5.92 Å². The summed E-state index contributed by atoms with van der Waals surface area (Å²) in [6.07, 6.45) is 42.7. The normalized spacial score (nSPS) is 28.0. The van der Waals surface area contributed by atoms with Crippen molar-refractivity contribution in [2.45, 2.75) is 274 Å². The molecule has 0 nitrogen and oxygen atoms in total. The van der Waals surface area contributed by atoms with Gasteiger partial charge >= 0.3 is 0 Å². The van der Waals surface area contributed by atoms with Gasteiger partial charge in [0.15, 0.2) is 0 Å². The number of rotatable bonds is 6. The minimum atomic E-state index is -2.38. The second-order valence-electron chi connectivity index (χ2n) is 23.4. The third-order valence-electron chi connectivity index (χ3n) is 20.6. The van der Waals surface area contributed by atoms with E-state index in [4.69, 9.17) is 0 Å². The van der Waals surface area contributed by atoms with Crippen LogP contribution in [0.2, 0.25) is 33.2 Å². The molecule has 3 heteroatoms. The molecule has 6 saturated carbocycles. The lowest BCUT2D eigenvalue weighted by atomic mass is 9.99. The van der Waals surface area contributed by atoms with E-state index in [1.807, 2.05) is 0 Å². The lowest BCUT2D eigenvalue weighted by Gasteiger charge is -2.47. The molecule has 0 amide bonds. The van der Waals surface area contributed by atoms with Crippen LogP contribution in [0.4, 0.5) is 0 Å². The Morgan fingerprint density at radius 3 is 0.844 bits per heavy atom. The van der Waals surface area contributed by atoms with E-state index in [0.29, 0.717) is 0 Å². The molecule has 0 saturated heterocycles. The van der Waals surface area contributed by atoms with E-state index in [1.54, 1.807) is 53.8 Å². The quantitative estimate of drug-likeness (QED) is 0.184. The van der Waals surface area contributed by atoms with Crippen LogP contribution >= 0.6 is 0 Å². The van der Waals surface area contributed by atoms with Gasteiger partial charge in [0, 0.05) is 0 Å². The molecule has 64 heavy (non-hydrogen) atoms. The summed E-state index contributed by atoms with van der Waals surface area (Å²) in [4.78, 5) is 0.